The van der Waals surface area contributed by atoms with Crippen molar-refractivity contribution in [3.8, 4) is 11.5 Å². The van der Waals surface area contributed by atoms with Crippen LogP contribution in [0.4, 0.5) is 0 Å². The molecule has 2 N–H and O–H groups in total. The molecule has 0 heterocycles. The second-order valence-corrected chi connectivity index (χ2v) is 4.72. The average Bonchev–Trinajstić information content (AvgIpc) is 2.38. The smallest absolute Gasteiger partial charge is 0.167 e. The van der Waals surface area contributed by atoms with Crippen LogP contribution in [0.2, 0.25) is 0 Å². The average molecular weight is 318 g/mol. The van der Waals surface area contributed by atoms with Crippen molar-refractivity contribution >= 4 is 15.9 Å². The van der Waals surface area contributed by atoms with Crippen LogP contribution in [0, 0.1) is 0 Å². The van der Waals surface area contributed by atoms with Crippen LogP contribution >= 0.6 is 15.9 Å². The van der Waals surface area contributed by atoms with Gasteiger partial charge in [-0.2, -0.15) is 0 Å². The number of hydrogen-bond acceptors (Lipinski definition) is 4. The third-order valence-electron chi connectivity index (χ3n) is 2.83. The highest BCUT2D eigenvalue weighted by Gasteiger charge is 2.22. The third kappa shape index (κ3) is 2.96. The molecule has 1 rings (SSSR count). The van der Waals surface area contributed by atoms with Crippen molar-refractivity contribution in [3.63, 3.8) is 0 Å². The number of methoxy groups -OCH3 is 2. The van der Waals surface area contributed by atoms with Crippen molar-refractivity contribution in [3.05, 3.63) is 21.7 Å². The number of rotatable bonds is 6. The van der Waals surface area contributed by atoms with Crippen LogP contribution in [-0.2, 0) is 6.42 Å². The Bertz CT molecular complexity index is 410. The highest BCUT2D eigenvalue weighted by Crippen LogP contribution is 2.42. The number of likely N-dealkylation sites (N-methyl/N-ethyl adjacent to an activating group) is 1. The van der Waals surface area contributed by atoms with Crippen LogP contribution in [0.15, 0.2) is 10.5 Å². The third-order valence-corrected chi connectivity index (χ3v) is 3.76. The first kappa shape index (κ1) is 15.3. The highest BCUT2D eigenvalue weighted by atomic mass is 79.9. The van der Waals surface area contributed by atoms with Crippen molar-refractivity contribution in [1.82, 2.24) is 5.32 Å². The van der Waals surface area contributed by atoms with Gasteiger partial charge in [-0.25, -0.2) is 0 Å². The lowest BCUT2D eigenvalue weighted by Gasteiger charge is -2.21. The second-order valence-electron chi connectivity index (χ2n) is 3.93. The minimum atomic E-state index is -0.653. The summed E-state index contributed by atoms with van der Waals surface area (Å²) in [5.41, 5.74) is 1.81. The summed E-state index contributed by atoms with van der Waals surface area (Å²) in [4.78, 5) is 0. The number of benzene rings is 1. The Morgan fingerprint density at radius 3 is 2.50 bits per heavy atom. The highest BCUT2D eigenvalue weighted by molar-refractivity contribution is 9.10. The molecule has 1 atom stereocenters. The first-order chi connectivity index (χ1) is 8.60. The molecule has 0 aromatic heterocycles. The van der Waals surface area contributed by atoms with E-state index in [0.717, 1.165) is 22.0 Å². The number of aryl methyl sites for hydroxylation is 1. The van der Waals surface area contributed by atoms with Gasteiger partial charge in [0.15, 0.2) is 11.5 Å². The second kappa shape index (κ2) is 6.97. The van der Waals surface area contributed by atoms with Crippen LogP contribution in [0.3, 0.4) is 0 Å². The van der Waals surface area contributed by atoms with Gasteiger partial charge in [0.2, 0.25) is 0 Å². The molecule has 0 saturated heterocycles. The van der Waals surface area contributed by atoms with Gasteiger partial charge < -0.3 is 19.9 Å². The predicted molar refractivity (Wildman–Crippen MR) is 75.5 cm³/mol. The summed E-state index contributed by atoms with van der Waals surface area (Å²) in [5, 5.41) is 13.2. The van der Waals surface area contributed by atoms with E-state index in [4.69, 9.17) is 9.47 Å². The Hall–Kier alpha value is -0.780. The summed E-state index contributed by atoms with van der Waals surface area (Å²) in [5.74, 6) is 1.21. The number of nitrogens with one attached hydrogen (secondary N) is 1. The van der Waals surface area contributed by atoms with E-state index in [9.17, 15) is 5.11 Å². The van der Waals surface area contributed by atoms with E-state index in [1.807, 2.05) is 6.07 Å². The summed E-state index contributed by atoms with van der Waals surface area (Å²) in [7, 11) is 4.97. The quantitative estimate of drug-likeness (QED) is 0.845. The van der Waals surface area contributed by atoms with Gasteiger partial charge in [-0.15, -0.1) is 0 Å². The Kier molecular flexibility index (Phi) is 5.91. The van der Waals surface area contributed by atoms with Crippen LogP contribution in [0.25, 0.3) is 0 Å². The van der Waals surface area contributed by atoms with Gasteiger partial charge in [0.1, 0.15) is 0 Å². The Morgan fingerprint density at radius 2 is 2.06 bits per heavy atom. The monoisotopic (exact) mass is 317 g/mol. The molecule has 4 nitrogen and oxygen atoms in total. The summed E-state index contributed by atoms with van der Waals surface area (Å²) in [6.45, 7) is 2.51. The molecule has 0 radical (unpaired) electrons. The lowest BCUT2D eigenvalue weighted by molar-refractivity contribution is 0.171. The maximum Gasteiger partial charge on any atom is 0.167 e. The molecule has 1 aromatic carbocycles. The fourth-order valence-electron chi connectivity index (χ4n) is 1.90. The minimum Gasteiger partial charge on any atom is -0.493 e. The molecule has 1 unspecified atom stereocenters. The van der Waals surface area contributed by atoms with Gasteiger partial charge in [-0.05, 0) is 41.0 Å². The minimum absolute atomic E-state index is 0.450. The first-order valence-electron chi connectivity index (χ1n) is 5.86. The molecule has 0 bridgehead atoms. The molecule has 102 valence electrons. The molecular formula is C13H20BrNO3. The SMILES string of the molecule is CCc1cc(OC)c(OC)c(C(O)CNC)c1Br. The zero-order valence-electron chi connectivity index (χ0n) is 11.2. The molecule has 0 amide bonds. The van der Waals surface area contributed by atoms with Gasteiger partial charge in [0.05, 0.1) is 20.3 Å². The summed E-state index contributed by atoms with van der Waals surface area (Å²) >= 11 is 3.54. The van der Waals surface area contributed by atoms with Crippen LogP contribution in [0.5, 0.6) is 11.5 Å². The van der Waals surface area contributed by atoms with E-state index in [2.05, 4.69) is 28.2 Å². The molecular weight excluding hydrogens is 298 g/mol. The van der Waals surface area contributed by atoms with Crippen molar-refractivity contribution in [1.29, 1.82) is 0 Å². The predicted octanol–water partition coefficient (Wildman–Crippen LogP) is 2.28. The van der Waals surface area contributed by atoms with Gasteiger partial charge in [0, 0.05) is 16.6 Å². The van der Waals surface area contributed by atoms with E-state index < -0.39 is 6.10 Å². The van der Waals surface area contributed by atoms with Crippen molar-refractivity contribution < 1.29 is 14.6 Å². The number of aliphatic hydroxyl groups is 1. The number of halogens is 1. The van der Waals surface area contributed by atoms with Gasteiger partial charge in [-0.3, -0.25) is 0 Å². The number of aliphatic hydroxyl groups excluding tert-OH is 1. The number of hydrogen-bond donors (Lipinski definition) is 2. The van der Waals surface area contributed by atoms with Crippen LogP contribution < -0.4 is 14.8 Å². The molecule has 5 heteroatoms. The molecule has 0 aliphatic heterocycles. The van der Waals surface area contributed by atoms with E-state index in [0.29, 0.717) is 18.0 Å². The number of ether oxygens (including phenoxy) is 2. The lowest BCUT2D eigenvalue weighted by Crippen LogP contribution is -2.18. The molecule has 0 spiro atoms. The van der Waals surface area contributed by atoms with Crippen molar-refractivity contribution in [2.45, 2.75) is 19.4 Å². The maximum atomic E-state index is 10.2. The van der Waals surface area contributed by atoms with E-state index >= 15 is 0 Å². The largest absolute Gasteiger partial charge is 0.493 e. The van der Waals surface area contributed by atoms with E-state index in [-0.39, 0.29) is 0 Å². The van der Waals surface area contributed by atoms with Gasteiger partial charge >= 0.3 is 0 Å². The normalized spacial score (nSPS) is 12.3. The van der Waals surface area contributed by atoms with Gasteiger partial charge in [-0.1, -0.05) is 6.92 Å². The summed E-state index contributed by atoms with van der Waals surface area (Å²) in [6.07, 6.45) is 0.194. The van der Waals surface area contributed by atoms with Crippen molar-refractivity contribution in [2.75, 3.05) is 27.8 Å². The summed E-state index contributed by atoms with van der Waals surface area (Å²) < 4.78 is 11.6. The Balaban J connectivity index is 3.42. The fourth-order valence-corrected chi connectivity index (χ4v) is 2.74. The van der Waals surface area contributed by atoms with Crippen LogP contribution in [0.1, 0.15) is 24.2 Å². The first-order valence-corrected chi connectivity index (χ1v) is 6.65. The molecule has 0 aliphatic rings. The Morgan fingerprint density at radius 1 is 1.39 bits per heavy atom. The zero-order chi connectivity index (χ0) is 13.7. The fraction of sp³-hybridized carbons (Fsp3) is 0.538. The van der Waals surface area contributed by atoms with Crippen molar-refractivity contribution in [2.24, 2.45) is 0 Å². The Labute approximate surface area is 116 Å². The molecule has 0 saturated carbocycles. The maximum absolute atomic E-state index is 10.2. The molecule has 18 heavy (non-hydrogen) atoms. The topological polar surface area (TPSA) is 50.7 Å². The van der Waals surface area contributed by atoms with E-state index in [1.54, 1.807) is 21.3 Å². The molecule has 0 aliphatic carbocycles. The molecule has 0 fully saturated rings. The van der Waals surface area contributed by atoms with Gasteiger partial charge in [0.25, 0.3) is 0 Å². The van der Waals surface area contributed by atoms with Crippen LogP contribution in [-0.4, -0.2) is 32.9 Å². The lowest BCUT2D eigenvalue weighted by atomic mass is 10.0. The standard InChI is InChI=1S/C13H20BrNO3/c1-5-8-6-10(17-3)13(18-4)11(12(8)14)9(16)7-15-2/h6,9,15-16H,5,7H2,1-4H3. The summed E-state index contributed by atoms with van der Waals surface area (Å²) in [6, 6.07) is 1.93. The van der Waals surface area contributed by atoms with E-state index in [1.165, 1.54) is 0 Å². The molecule has 1 aromatic rings. The zero-order valence-corrected chi connectivity index (χ0v) is 12.8.